The van der Waals surface area contributed by atoms with Crippen molar-refractivity contribution in [1.82, 2.24) is 9.88 Å². The van der Waals surface area contributed by atoms with Crippen LogP contribution in [0.4, 0.5) is 8.78 Å². The van der Waals surface area contributed by atoms with Crippen molar-refractivity contribution in [2.24, 2.45) is 18.7 Å². The van der Waals surface area contributed by atoms with Gasteiger partial charge in [-0.2, -0.15) is 0 Å². The number of carbonyl (C=O) groups excluding carboxylic acids is 1. The van der Waals surface area contributed by atoms with Gasteiger partial charge in [-0.05, 0) is 18.1 Å². The van der Waals surface area contributed by atoms with E-state index in [1.807, 2.05) is 13.8 Å². The molecule has 2 unspecified atom stereocenters. The van der Waals surface area contributed by atoms with Crippen molar-refractivity contribution in [1.29, 1.82) is 0 Å². The van der Waals surface area contributed by atoms with Crippen LogP contribution in [0.2, 0.25) is 0 Å². The van der Waals surface area contributed by atoms with Gasteiger partial charge < -0.3 is 24.9 Å². The lowest BCUT2D eigenvalue weighted by Gasteiger charge is -2.20. The molecule has 0 aliphatic heterocycles. The van der Waals surface area contributed by atoms with Crippen LogP contribution in [0, 0.1) is 5.92 Å². The van der Waals surface area contributed by atoms with Crippen molar-refractivity contribution >= 4 is 17.0 Å². The van der Waals surface area contributed by atoms with Crippen LogP contribution in [0.15, 0.2) is 34.8 Å². The number of carbonyl (C=O) groups is 1. The zero-order valence-corrected chi connectivity index (χ0v) is 16.8. The summed E-state index contributed by atoms with van der Waals surface area (Å²) >= 11 is -2.39. The number of nitrogens with two attached hydrogens (primary N) is 1. The second-order valence-electron chi connectivity index (χ2n) is 6.76. The van der Waals surface area contributed by atoms with Crippen molar-refractivity contribution in [3.8, 4) is 5.75 Å². The Bertz CT molecular complexity index is 822. The molecule has 28 heavy (non-hydrogen) atoms. The Kier molecular flexibility index (Phi) is 7.50. The molecule has 10 heteroatoms. The van der Waals surface area contributed by atoms with Gasteiger partial charge in [0.2, 0.25) is 0 Å². The molecule has 4 N–H and O–H groups in total. The fourth-order valence-corrected chi connectivity index (χ4v) is 3.25. The van der Waals surface area contributed by atoms with Crippen LogP contribution in [0.5, 0.6) is 5.75 Å². The summed E-state index contributed by atoms with van der Waals surface area (Å²) in [6.45, 7) is 3.98. The second kappa shape index (κ2) is 9.44. The molecule has 0 saturated heterocycles. The predicted molar refractivity (Wildman–Crippen MR) is 102 cm³/mol. The molecule has 1 aromatic heterocycles. The van der Waals surface area contributed by atoms with E-state index in [-0.39, 0.29) is 47.0 Å². The van der Waals surface area contributed by atoms with Gasteiger partial charge in [-0.15, -0.1) is 0 Å². The van der Waals surface area contributed by atoms with Crippen LogP contribution >= 0.6 is 0 Å². The number of rotatable bonds is 8. The minimum absolute atomic E-state index is 0.0138. The van der Waals surface area contributed by atoms with Gasteiger partial charge in [0, 0.05) is 31.4 Å². The molecule has 0 aromatic carbocycles. The van der Waals surface area contributed by atoms with E-state index in [9.17, 15) is 22.3 Å². The minimum Gasteiger partial charge on any atom is -0.488 e. The number of halogens is 2. The highest BCUT2D eigenvalue weighted by molar-refractivity contribution is 7.79. The largest absolute Gasteiger partial charge is 0.488 e. The molecule has 1 aromatic rings. The minimum atomic E-state index is -2.39. The van der Waals surface area contributed by atoms with Gasteiger partial charge in [-0.25, -0.2) is 13.0 Å². The van der Waals surface area contributed by atoms with Crippen LogP contribution < -0.4 is 15.8 Å². The summed E-state index contributed by atoms with van der Waals surface area (Å²) in [6, 6.07) is -0.331. The van der Waals surface area contributed by atoms with Gasteiger partial charge in [-0.1, -0.05) is 20.3 Å². The molecule has 0 spiro atoms. The van der Waals surface area contributed by atoms with Gasteiger partial charge in [0.1, 0.15) is 17.3 Å². The van der Waals surface area contributed by atoms with Crippen LogP contribution in [0.1, 0.15) is 37.2 Å². The number of nitrogens with one attached hydrogen (secondary N) is 1. The van der Waals surface area contributed by atoms with Gasteiger partial charge in [0.15, 0.2) is 28.7 Å². The number of hydrogen-bond donors (Lipinski definition) is 3. The maximum Gasteiger partial charge on any atom is 0.275 e. The molecule has 1 heterocycles. The Morgan fingerprint density at radius 3 is 2.79 bits per heavy atom. The fourth-order valence-electron chi connectivity index (χ4n) is 2.69. The lowest BCUT2D eigenvalue weighted by atomic mass is 10.0. The van der Waals surface area contributed by atoms with Crippen molar-refractivity contribution in [2.45, 2.75) is 43.8 Å². The number of aryl methyl sites for hydroxylation is 1. The maximum atomic E-state index is 13.5. The zero-order chi connectivity index (χ0) is 21.0. The third kappa shape index (κ3) is 5.06. The van der Waals surface area contributed by atoms with E-state index < -0.39 is 29.0 Å². The topological polar surface area (TPSA) is 107 Å². The predicted octanol–water partition coefficient (Wildman–Crippen LogP) is 2.57. The highest BCUT2D eigenvalue weighted by atomic mass is 32.2. The number of hydrogen-bond acceptors (Lipinski definition) is 4. The van der Waals surface area contributed by atoms with Crippen molar-refractivity contribution in [2.75, 3.05) is 6.61 Å². The third-order valence-electron chi connectivity index (χ3n) is 4.72. The van der Waals surface area contributed by atoms with Crippen LogP contribution in [0.25, 0.3) is 0 Å². The van der Waals surface area contributed by atoms with E-state index in [1.54, 1.807) is 0 Å². The Hall–Kier alpha value is -2.04. The number of ether oxygens (including phenoxy) is 1. The smallest absolute Gasteiger partial charge is 0.275 e. The molecule has 156 valence electrons. The van der Waals surface area contributed by atoms with Crippen LogP contribution in [-0.4, -0.2) is 38.1 Å². The van der Waals surface area contributed by atoms with Crippen LogP contribution in [-0.2, 0) is 18.1 Å². The molecule has 0 bridgehead atoms. The molecular formula is C18H25F2N3O4S. The van der Waals surface area contributed by atoms with Gasteiger partial charge >= 0.3 is 0 Å². The van der Waals surface area contributed by atoms with Crippen molar-refractivity contribution in [3.05, 3.63) is 35.6 Å². The van der Waals surface area contributed by atoms with Crippen LogP contribution in [0.3, 0.4) is 0 Å². The standard InChI is InChI=1S/C18H25F2N3O4S/c1-4-10(2)14(21)9-27-17-15(28(25)26)8-23(3)16(17)18(24)22-11-5-6-12(19)13(20)7-11/h5-6,8,10,13-14H,4,7,9,21H2,1-3H3,(H,22,24)(H,25,26)/t10-,13?,14+/m0/s1. The van der Waals surface area contributed by atoms with E-state index in [2.05, 4.69) is 5.32 Å². The quantitative estimate of drug-likeness (QED) is 0.564. The summed E-state index contributed by atoms with van der Waals surface area (Å²) in [4.78, 5) is 12.6. The lowest BCUT2D eigenvalue weighted by Crippen LogP contribution is -2.35. The second-order valence-corrected chi connectivity index (χ2v) is 7.70. The molecule has 2 rings (SSSR count). The number of allylic oxidation sites excluding steroid dienone is 4. The van der Waals surface area contributed by atoms with E-state index in [4.69, 9.17) is 10.5 Å². The monoisotopic (exact) mass is 417 g/mol. The number of alkyl halides is 1. The van der Waals surface area contributed by atoms with Gasteiger partial charge in [-0.3, -0.25) is 4.79 Å². The normalized spacial score (nSPS) is 20.0. The van der Waals surface area contributed by atoms with E-state index in [1.165, 1.54) is 23.9 Å². The molecular weight excluding hydrogens is 392 g/mol. The third-order valence-corrected chi connectivity index (χ3v) is 5.38. The van der Waals surface area contributed by atoms with Gasteiger partial charge in [0.25, 0.3) is 5.91 Å². The molecule has 0 fully saturated rings. The Morgan fingerprint density at radius 2 is 2.21 bits per heavy atom. The number of amides is 1. The molecule has 1 aliphatic rings. The summed E-state index contributed by atoms with van der Waals surface area (Å²) < 4.78 is 54.8. The first-order chi connectivity index (χ1) is 13.1. The first kappa shape index (κ1) is 22.3. The summed E-state index contributed by atoms with van der Waals surface area (Å²) in [7, 11) is 1.51. The molecule has 4 atom stereocenters. The summed E-state index contributed by atoms with van der Waals surface area (Å²) in [5, 5.41) is 2.50. The number of nitrogens with zero attached hydrogens (tertiary/aromatic N) is 1. The summed E-state index contributed by atoms with van der Waals surface area (Å²) in [5.41, 5.74) is 6.22. The zero-order valence-electron chi connectivity index (χ0n) is 15.9. The van der Waals surface area contributed by atoms with E-state index in [0.717, 1.165) is 12.5 Å². The highest BCUT2D eigenvalue weighted by Crippen LogP contribution is 2.30. The average Bonchev–Trinajstić information content (AvgIpc) is 2.98. The SMILES string of the molecule is CC[C@H](C)[C@H](N)COc1c(S(=O)O)cn(C)c1C(=O)NC1=CC=C(F)C(F)C1. The maximum absolute atomic E-state index is 13.5. The lowest BCUT2D eigenvalue weighted by molar-refractivity contribution is 0.0949. The average molecular weight is 417 g/mol. The molecule has 1 aliphatic carbocycles. The Morgan fingerprint density at radius 1 is 1.54 bits per heavy atom. The first-order valence-electron chi connectivity index (χ1n) is 8.85. The molecule has 1 amide bonds. The first-order valence-corrected chi connectivity index (χ1v) is 9.96. The Balaban J connectivity index is 2.27. The highest BCUT2D eigenvalue weighted by Gasteiger charge is 2.27. The Labute approximate surface area is 164 Å². The fraction of sp³-hybridized carbons (Fsp3) is 0.500. The van der Waals surface area contributed by atoms with Crippen molar-refractivity contribution in [3.63, 3.8) is 0 Å². The molecule has 0 radical (unpaired) electrons. The van der Waals surface area contributed by atoms with Crippen molar-refractivity contribution < 1.29 is 27.1 Å². The van der Waals surface area contributed by atoms with E-state index in [0.29, 0.717) is 0 Å². The van der Waals surface area contributed by atoms with E-state index >= 15 is 0 Å². The molecule has 0 saturated carbocycles. The number of aromatic nitrogens is 1. The summed E-state index contributed by atoms with van der Waals surface area (Å²) in [6.07, 6.45) is 2.23. The summed E-state index contributed by atoms with van der Waals surface area (Å²) in [5.74, 6) is -1.48. The molecule has 7 nitrogen and oxygen atoms in total. The van der Waals surface area contributed by atoms with Gasteiger partial charge in [0.05, 0.1) is 0 Å².